The molecule has 0 fully saturated rings. The van der Waals surface area contributed by atoms with Crippen LogP contribution in [-0.2, 0) is 12.0 Å². The molecule has 0 radical (unpaired) electrons. The van der Waals surface area contributed by atoms with Crippen LogP contribution in [0.15, 0.2) is 41.9 Å². The fraction of sp³-hybridized carbons (Fsp3) is 0.438. The number of aliphatic hydroxyl groups is 2. The highest BCUT2D eigenvalue weighted by Gasteiger charge is 2.52. The average Bonchev–Trinajstić information content (AvgIpc) is 3.21. The molecule has 3 rings (SSSR count). The molecule has 0 bridgehead atoms. The number of aromatic nitrogens is 3. The van der Waals surface area contributed by atoms with Crippen LogP contribution in [-0.4, -0.2) is 47.6 Å². The lowest BCUT2D eigenvalue weighted by molar-refractivity contribution is -0.225. The lowest BCUT2D eigenvalue weighted by Crippen LogP contribution is -2.58. The van der Waals surface area contributed by atoms with Gasteiger partial charge in [0.15, 0.2) is 0 Å². The van der Waals surface area contributed by atoms with Crippen LogP contribution in [0.25, 0.3) is 0 Å². The van der Waals surface area contributed by atoms with Gasteiger partial charge in [0.25, 0.3) is 0 Å². The van der Waals surface area contributed by atoms with Crippen LogP contribution in [0.4, 0.5) is 0 Å². The van der Waals surface area contributed by atoms with Crippen molar-refractivity contribution >= 4 is 28.4 Å². The molecule has 2 N–H and O–H groups in total. The third-order valence-electron chi connectivity index (χ3n) is 4.32. The molecular formula is C16H19ClN4O2S. The third-order valence-corrected chi connectivity index (χ3v) is 5.88. The Morgan fingerprint density at radius 2 is 2.00 bits per heavy atom. The van der Waals surface area contributed by atoms with Crippen molar-refractivity contribution in [2.24, 2.45) is 4.99 Å². The minimum absolute atomic E-state index is 0.346. The van der Waals surface area contributed by atoms with Gasteiger partial charge in [-0.2, -0.15) is 5.10 Å². The van der Waals surface area contributed by atoms with Gasteiger partial charge >= 0.3 is 0 Å². The van der Waals surface area contributed by atoms with Gasteiger partial charge in [0.2, 0.25) is 5.79 Å². The molecule has 2 aromatic rings. The SMILES string of the molecule is CC(C)(n1cncn1)C(O)(O)C1CN=C(Cc2ccc(Cl)cc2)S1. The van der Waals surface area contributed by atoms with Gasteiger partial charge in [0.05, 0.1) is 16.8 Å². The summed E-state index contributed by atoms with van der Waals surface area (Å²) in [6, 6.07) is 7.57. The molecule has 1 aliphatic rings. The third kappa shape index (κ3) is 3.21. The lowest BCUT2D eigenvalue weighted by Gasteiger charge is -2.41. The number of thioether (sulfide) groups is 1. The monoisotopic (exact) mass is 366 g/mol. The lowest BCUT2D eigenvalue weighted by atomic mass is 9.90. The summed E-state index contributed by atoms with van der Waals surface area (Å²) in [4.78, 5) is 8.37. The summed E-state index contributed by atoms with van der Waals surface area (Å²) in [5, 5.41) is 26.7. The molecule has 1 unspecified atom stereocenters. The number of nitrogens with zero attached hydrogens (tertiary/aromatic N) is 4. The van der Waals surface area contributed by atoms with E-state index in [0.29, 0.717) is 18.0 Å². The number of aliphatic imine (C=N–C) groups is 1. The number of hydrogen-bond donors (Lipinski definition) is 2. The second kappa shape index (κ2) is 6.48. The number of halogens is 1. The summed E-state index contributed by atoms with van der Waals surface area (Å²) < 4.78 is 1.46. The Morgan fingerprint density at radius 1 is 1.29 bits per heavy atom. The van der Waals surface area contributed by atoms with E-state index in [-0.39, 0.29) is 0 Å². The molecule has 6 nitrogen and oxygen atoms in total. The van der Waals surface area contributed by atoms with Gasteiger partial charge in [-0.3, -0.25) is 4.99 Å². The van der Waals surface area contributed by atoms with E-state index in [9.17, 15) is 10.2 Å². The Balaban J connectivity index is 1.70. The van der Waals surface area contributed by atoms with Crippen LogP contribution in [0, 0.1) is 0 Å². The first-order valence-electron chi connectivity index (χ1n) is 7.55. The first kappa shape index (κ1) is 17.4. The molecule has 8 heteroatoms. The van der Waals surface area contributed by atoms with Crippen molar-refractivity contribution in [1.82, 2.24) is 14.8 Å². The van der Waals surface area contributed by atoms with Gasteiger partial charge in [0.1, 0.15) is 18.2 Å². The Bertz CT molecular complexity index is 729. The number of hydrogen-bond acceptors (Lipinski definition) is 6. The molecule has 1 aromatic carbocycles. The van der Waals surface area contributed by atoms with Gasteiger partial charge < -0.3 is 10.2 Å². The first-order valence-corrected chi connectivity index (χ1v) is 8.81. The molecule has 1 aliphatic heterocycles. The molecule has 0 aliphatic carbocycles. The Hall–Kier alpha value is -1.41. The molecule has 2 heterocycles. The average molecular weight is 367 g/mol. The maximum atomic E-state index is 10.8. The Morgan fingerprint density at radius 3 is 2.62 bits per heavy atom. The molecule has 0 amide bonds. The van der Waals surface area contributed by atoms with Crippen molar-refractivity contribution in [2.45, 2.75) is 36.8 Å². The number of rotatable bonds is 5. The van der Waals surface area contributed by atoms with Crippen LogP contribution < -0.4 is 0 Å². The van der Waals surface area contributed by atoms with E-state index in [4.69, 9.17) is 11.6 Å². The summed E-state index contributed by atoms with van der Waals surface area (Å²) in [6.45, 7) is 3.79. The summed E-state index contributed by atoms with van der Waals surface area (Å²) in [7, 11) is 0. The summed E-state index contributed by atoms with van der Waals surface area (Å²) in [5.74, 6) is -1.99. The van der Waals surface area contributed by atoms with Crippen molar-refractivity contribution in [3.63, 3.8) is 0 Å². The van der Waals surface area contributed by atoms with Crippen LogP contribution in [0.5, 0.6) is 0 Å². The van der Waals surface area contributed by atoms with Crippen molar-refractivity contribution in [3.8, 4) is 0 Å². The summed E-state index contributed by atoms with van der Waals surface area (Å²) in [6.07, 6.45) is 3.51. The molecule has 0 spiro atoms. The summed E-state index contributed by atoms with van der Waals surface area (Å²) in [5.41, 5.74) is 0.0511. The predicted molar refractivity (Wildman–Crippen MR) is 95.3 cm³/mol. The van der Waals surface area contributed by atoms with E-state index in [1.165, 1.54) is 29.1 Å². The normalized spacial score (nSPS) is 18.7. The van der Waals surface area contributed by atoms with E-state index in [1.807, 2.05) is 24.3 Å². The first-order chi connectivity index (χ1) is 11.3. The molecular weight excluding hydrogens is 348 g/mol. The quantitative estimate of drug-likeness (QED) is 0.792. The zero-order chi connectivity index (χ0) is 17.4. The summed E-state index contributed by atoms with van der Waals surface area (Å²) >= 11 is 7.29. The van der Waals surface area contributed by atoms with Crippen molar-refractivity contribution in [2.75, 3.05) is 6.54 Å². The second-order valence-corrected chi connectivity index (χ2v) is 7.98. The predicted octanol–water partition coefficient (Wildman–Crippen LogP) is 2.10. The van der Waals surface area contributed by atoms with Gasteiger partial charge in [0, 0.05) is 11.4 Å². The highest BCUT2D eigenvalue weighted by atomic mass is 35.5. The van der Waals surface area contributed by atoms with Crippen molar-refractivity contribution in [3.05, 3.63) is 47.5 Å². The maximum absolute atomic E-state index is 10.8. The minimum Gasteiger partial charge on any atom is -0.363 e. The molecule has 1 atom stereocenters. The molecule has 128 valence electrons. The number of benzene rings is 1. The fourth-order valence-corrected chi connectivity index (χ4v) is 4.02. The molecule has 0 saturated heterocycles. The topological polar surface area (TPSA) is 83.5 Å². The van der Waals surface area contributed by atoms with E-state index in [1.54, 1.807) is 13.8 Å². The van der Waals surface area contributed by atoms with Crippen LogP contribution in [0.3, 0.4) is 0 Å². The zero-order valence-electron chi connectivity index (χ0n) is 13.4. The van der Waals surface area contributed by atoms with Gasteiger partial charge in [-0.25, -0.2) is 9.67 Å². The fourth-order valence-electron chi connectivity index (χ4n) is 2.57. The standard InChI is InChI=1S/C16H19ClN4O2S/c1-15(2,21-10-18-9-20-21)16(22,23)13-8-19-14(24-13)7-11-3-5-12(17)6-4-11/h3-6,9-10,13,22-23H,7-8H2,1-2H3. The molecule has 24 heavy (non-hydrogen) atoms. The Kier molecular flexibility index (Phi) is 4.70. The van der Waals surface area contributed by atoms with Crippen LogP contribution >= 0.6 is 23.4 Å². The van der Waals surface area contributed by atoms with Crippen LogP contribution in [0.2, 0.25) is 5.02 Å². The molecule has 1 aromatic heterocycles. The molecule has 0 saturated carbocycles. The van der Waals surface area contributed by atoms with Gasteiger partial charge in [-0.05, 0) is 31.5 Å². The van der Waals surface area contributed by atoms with E-state index in [2.05, 4.69) is 15.1 Å². The minimum atomic E-state index is -1.99. The van der Waals surface area contributed by atoms with E-state index in [0.717, 1.165) is 10.6 Å². The van der Waals surface area contributed by atoms with Gasteiger partial charge in [-0.15, -0.1) is 0 Å². The highest BCUT2D eigenvalue weighted by molar-refractivity contribution is 8.14. The van der Waals surface area contributed by atoms with Gasteiger partial charge in [-0.1, -0.05) is 35.5 Å². The van der Waals surface area contributed by atoms with E-state index < -0.39 is 16.6 Å². The Labute approximate surface area is 149 Å². The van der Waals surface area contributed by atoms with Crippen molar-refractivity contribution in [1.29, 1.82) is 0 Å². The van der Waals surface area contributed by atoms with E-state index >= 15 is 0 Å². The highest BCUT2D eigenvalue weighted by Crippen LogP contribution is 2.39. The second-order valence-electron chi connectivity index (χ2n) is 6.27. The zero-order valence-corrected chi connectivity index (χ0v) is 15.0. The maximum Gasteiger partial charge on any atom is 0.202 e. The van der Waals surface area contributed by atoms with Crippen molar-refractivity contribution < 1.29 is 10.2 Å². The largest absolute Gasteiger partial charge is 0.363 e. The smallest absolute Gasteiger partial charge is 0.202 e. The van der Waals surface area contributed by atoms with Crippen LogP contribution in [0.1, 0.15) is 19.4 Å².